The summed E-state index contributed by atoms with van der Waals surface area (Å²) >= 11 is 11.6. The first-order chi connectivity index (χ1) is 5.81. The lowest BCUT2D eigenvalue weighted by atomic mass is 10.2. The van der Waals surface area contributed by atoms with Gasteiger partial charge in [0.15, 0.2) is 0 Å². The number of nitrogens with one attached hydrogen (secondary N) is 1. The number of fused-ring (bicyclic) bond motifs is 1. The van der Waals surface area contributed by atoms with Crippen LogP contribution in [0.5, 0.6) is 0 Å². The first-order valence-corrected chi connectivity index (χ1v) is 4.54. The molecule has 0 saturated heterocycles. The third-order valence-corrected chi connectivity index (χ3v) is 2.40. The lowest BCUT2D eigenvalue weighted by Crippen LogP contribution is -1.72. The number of H-pyrrole nitrogens is 1. The van der Waals surface area contributed by atoms with Crippen LogP contribution in [0.2, 0.25) is 5.02 Å². The van der Waals surface area contributed by atoms with Gasteiger partial charge in [-0.25, -0.2) is 0 Å². The lowest BCUT2D eigenvalue weighted by Gasteiger charge is -1.92. The minimum Gasteiger partial charge on any atom is -0.361 e. The van der Waals surface area contributed by atoms with Gasteiger partial charge in [-0.15, -0.1) is 11.6 Å². The molecule has 2 rings (SSSR count). The number of halogens is 2. The van der Waals surface area contributed by atoms with Crippen molar-refractivity contribution in [2.45, 2.75) is 5.88 Å². The zero-order valence-corrected chi connectivity index (χ0v) is 7.78. The molecule has 0 amide bonds. The Morgan fingerprint density at radius 3 is 2.92 bits per heavy atom. The highest BCUT2D eigenvalue weighted by atomic mass is 35.5. The summed E-state index contributed by atoms with van der Waals surface area (Å²) in [6, 6.07) is 5.74. The van der Waals surface area contributed by atoms with E-state index in [9.17, 15) is 0 Å². The first kappa shape index (κ1) is 7.96. The summed E-state index contributed by atoms with van der Waals surface area (Å²) in [5, 5.41) is 1.89. The van der Waals surface area contributed by atoms with Crippen molar-refractivity contribution in [2.24, 2.45) is 0 Å². The third-order valence-electron chi connectivity index (χ3n) is 1.87. The second-order valence-corrected chi connectivity index (χ2v) is 3.34. The van der Waals surface area contributed by atoms with Crippen molar-refractivity contribution in [3.05, 3.63) is 35.0 Å². The van der Waals surface area contributed by atoms with Gasteiger partial charge in [-0.2, -0.15) is 0 Å². The lowest BCUT2D eigenvalue weighted by molar-refractivity contribution is 1.39. The fraction of sp³-hybridized carbons (Fsp3) is 0.111. The maximum absolute atomic E-state index is 5.82. The molecule has 0 unspecified atom stereocenters. The molecule has 0 aliphatic heterocycles. The van der Waals surface area contributed by atoms with Crippen LogP contribution in [0.25, 0.3) is 10.9 Å². The average molecular weight is 200 g/mol. The van der Waals surface area contributed by atoms with Gasteiger partial charge in [0.1, 0.15) is 0 Å². The minimum absolute atomic E-state index is 0.529. The van der Waals surface area contributed by atoms with Gasteiger partial charge in [0.2, 0.25) is 0 Å². The van der Waals surface area contributed by atoms with Crippen molar-refractivity contribution in [3.8, 4) is 0 Å². The zero-order valence-electron chi connectivity index (χ0n) is 6.27. The molecule has 62 valence electrons. The van der Waals surface area contributed by atoms with Crippen LogP contribution in [0.4, 0.5) is 0 Å². The maximum atomic E-state index is 5.82. The quantitative estimate of drug-likeness (QED) is 0.677. The highest BCUT2D eigenvalue weighted by Crippen LogP contribution is 2.22. The molecule has 1 aromatic heterocycles. The van der Waals surface area contributed by atoms with E-state index in [0.717, 1.165) is 21.5 Å². The number of benzene rings is 1. The summed E-state index contributed by atoms with van der Waals surface area (Å²) < 4.78 is 0. The maximum Gasteiger partial charge on any atom is 0.0495 e. The number of hydrogen-bond donors (Lipinski definition) is 1. The largest absolute Gasteiger partial charge is 0.361 e. The van der Waals surface area contributed by atoms with Gasteiger partial charge in [-0.1, -0.05) is 17.7 Å². The molecule has 1 N–H and O–H groups in total. The van der Waals surface area contributed by atoms with E-state index in [2.05, 4.69) is 4.98 Å². The van der Waals surface area contributed by atoms with E-state index in [4.69, 9.17) is 23.2 Å². The Morgan fingerprint density at radius 1 is 1.33 bits per heavy atom. The van der Waals surface area contributed by atoms with Crippen LogP contribution < -0.4 is 0 Å². The number of hydrogen-bond acceptors (Lipinski definition) is 0. The number of alkyl halides is 1. The Hall–Kier alpha value is -0.660. The van der Waals surface area contributed by atoms with Crippen LogP contribution in [0.3, 0.4) is 0 Å². The van der Waals surface area contributed by atoms with Crippen LogP contribution in [-0.4, -0.2) is 4.98 Å². The molecule has 3 heteroatoms. The Bertz CT molecular complexity index is 406. The second kappa shape index (κ2) is 3.00. The molecule has 0 aliphatic rings. The van der Waals surface area contributed by atoms with Gasteiger partial charge >= 0.3 is 0 Å². The highest BCUT2D eigenvalue weighted by Gasteiger charge is 2.01. The van der Waals surface area contributed by atoms with Crippen LogP contribution >= 0.6 is 23.2 Å². The monoisotopic (exact) mass is 199 g/mol. The molecule has 0 spiro atoms. The van der Waals surface area contributed by atoms with Gasteiger partial charge in [0.05, 0.1) is 0 Å². The average Bonchev–Trinajstić information content (AvgIpc) is 2.46. The normalized spacial score (nSPS) is 10.8. The summed E-state index contributed by atoms with van der Waals surface area (Å²) in [5.41, 5.74) is 2.15. The van der Waals surface area contributed by atoms with E-state index in [-0.39, 0.29) is 0 Å². The first-order valence-electron chi connectivity index (χ1n) is 3.63. The zero-order chi connectivity index (χ0) is 8.55. The fourth-order valence-corrected chi connectivity index (χ4v) is 1.66. The van der Waals surface area contributed by atoms with Gasteiger partial charge in [0, 0.05) is 28.0 Å². The molecule has 12 heavy (non-hydrogen) atoms. The smallest absolute Gasteiger partial charge is 0.0495 e. The predicted octanol–water partition coefficient (Wildman–Crippen LogP) is 3.56. The van der Waals surface area contributed by atoms with Crippen LogP contribution in [0.1, 0.15) is 5.56 Å². The summed E-state index contributed by atoms with van der Waals surface area (Å²) in [4.78, 5) is 3.11. The van der Waals surface area contributed by atoms with E-state index in [1.165, 1.54) is 0 Å². The molecule has 1 aromatic carbocycles. The summed E-state index contributed by atoms with van der Waals surface area (Å²) in [7, 11) is 0. The van der Waals surface area contributed by atoms with E-state index in [1.54, 1.807) is 0 Å². The summed E-state index contributed by atoms with van der Waals surface area (Å²) in [5.74, 6) is 0.529. The van der Waals surface area contributed by atoms with Gasteiger partial charge in [0.25, 0.3) is 0 Å². The molecule has 1 nitrogen and oxygen atoms in total. The van der Waals surface area contributed by atoms with E-state index < -0.39 is 0 Å². The van der Waals surface area contributed by atoms with Crippen molar-refractivity contribution < 1.29 is 0 Å². The Morgan fingerprint density at radius 2 is 2.17 bits per heavy atom. The van der Waals surface area contributed by atoms with E-state index in [0.29, 0.717) is 5.88 Å². The highest BCUT2D eigenvalue weighted by molar-refractivity contribution is 6.31. The van der Waals surface area contributed by atoms with Crippen molar-refractivity contribution in [2.75, 3.05) is 0 Å². The molecule has 0 aliphatic carbocycles. The molecule has 0 atom stereocenters. The molecular formula is C9H7Cl2N. The van der Waals surface area contributed by atoms with Crippen LogP contribution in [0.15, 0.2) is 24.4 Å². The Kier molecular flexibility index (Phi) is 1.99. The molecule has 1 heterocycles. The number of rotatable bonds is 1. The molecule has 2 aromatic rings. The second-order valence-electron chi connectivity index (χ2n) is 2.64. The Balaban J connectivity index is 2.73. The number of aromatic amines is 1. The van der Waals surface area contributed by atoms with Gasteiger partial charge in [-0.3, -0.25) is 0 Å². The van der Waals surface area contributed by atoms with Crippen molar-refractivity contribution in [1.82, 2.24) is 4.98 Å². The fourth-order valence-electron chi connectivity index (χ4n) is 1.27. The third kappa shape index (κ3) is 1.19. The van der Waals surface area contributed by atoms with E-state index in [1.807, 2.05) is 24.4 Å². The summed E-state index contributed by atoms with van der Waals surface area (Å²) in [6.45, 7) is 0. The van der Waals surface area contributed by atoms with Crippen LogP contribution in [0, 0.1) is 0 Å². The van der Waals surface area contributed by atoms with Crippen molar-refractivity contribution in [3.63, 3.8) is 0 Å². The SMILES string of the molecule is ClCc1c[nH]c2cc(Cl)ccc12. The topological polar surface area (TPSA) is 15.8 Å². The molecule has 0 radical (unpaired) electrons. The molecule has 0 bridgehead atoms. The standard InChI is InChI=1S/C9H7Cl2N/c10-4-6-5-12-9-3-7(11)1-2-8(6)9/h1-3,5,12H,4H2. The Labute approximate surface area is 80.3 Å². The molecule has 0 saturated carbocycles. The minimum atomic E-state index is 0.529. The summed E-state index contributed by atoms with van der Waals surface area (Å²) in [6.07, 6.45) is 1.91. The number of aromatic nitrogens is 1. The predicted molar refractivity (Wildman–Crippen MR) is 52.9 cm³/mol. The molecule has 0 fully saturated rings. The van der Waals surface area contributed by atoms with Crippen LogP contribution in [-0.2, 0) is 5.88 Å². The van der Waals surface area contributed by atoms with E-state index >= 15 is 0 Å². The van der Waals surface area contributed by atoms with Crippen molar-refractivity contribution in [1.29, 1.82) is 0 Å². The van der Waals surface area contributed by atoms with Gasteiger partial charge < -0.3 is 4.98 Å². The van der Waals surface area contributed by atoms with Gasteiger partial charge in [-0.05, 0) is 17.7 Å². The van der Waals surface area contributed by atoms with Crippen molar-refractivity contribution >= 4 is 34.1 Å². The molecular weight excluding hydrogens is 193 g/mol.